The molecule has 4 saturated carbocycles. The molecule has 5 aliphatic rings. The van der Waals surface area contributed by atoms with Gasteiger partial charge in [0.25, 0.3) is 5.91 Å². The number of urea groups is 1. The quantitative estimate of drug-likeness (QED) is 0.621. The first-order valence-corrected chi connectivity index (χ1v) is 12.6. The van der Waals surface area contributed by atoms with Crippen molar-refractivity contribution in [2.24, 2.45) is 17.8 Å². The molecule has 9 nitrogen and oxygen atoms in total. The SMILES string of the molecule is O=C(NC1[C@@H]2CC3C[C@H]1CC(O)(C3)C2)c1ccc2c(c1)ncn2CCNC(=O)N1CCOCC1. The monoisotopic (exact) mass is 467 g/mol. The van der Waals surface area contributed by atoms with Crippen LogP contribution in [0.5, 0.6) is 0 Å². The third kappa shape index (κ3) is 4.05. The molecule has 4 aliphatic carbocycles. The van der Waals surface area contributed by atoms with Gasteiger partial charge in [-0.1, -0.05) is 0 Å². The number of carbonyl (C=O) groups is 2. The van der Waals surface area contributed by atoms with E-state index in [-0.39, 0.29) is 18.0 Å². The third-order valence-electron chi connectivity index (χ3n) is 8.35. The summed E-state index contributed by atoms with van der Waals surface area (Å²) < 4.78 is 7.28. The van der Waals surface area contributed by atoms with Crippen LogP contribution in [-0.4, -0.2) is 76.0 Å². The highest BCUT2D eigenvalue weighted by atomic mass is 16.5. The van der Waals surface area contributed by atoms with Crippen molar-refractivity contribution in [3.63, 3.8) is 0 Å². The van der Waals surface area contributed by atoms with Crippen molar-refractivity contribution >= 4 is 23.0 Å². The number of amides is 3. The van der Waals surface area contributed by atoms with E-state index in [1.54, 1.807) is 11.2 Å². The van der Waals surface area contributed by atoms with Crippen LogP contribution in [0.2, 0.25) is 0 Å². The highest BCUT2D eigenvalue weighted by molar-refractivity contribution is 5.97. The molecule has 2 aromatic rings. The molecular weight excluding hydrogens is 434 g/mol. The summed E-state index contributed by atoms with van der Waals surface area (Å²) in [4.78, 5) is 31.6. The summed E-state index contributed by atoms with van der Waals surface area (Å²) in [7, 11) is 0. The molecule has 182 valence electrons. The fourth-order valence-corrected chi connectivity index (χ4v) is 7.00. The Kier molecular flexibility index (Phi) is 5.49. The third-order valence-corrected chi connectivity index (χ3v) is 8.35. The predicted octanol–water partition coefficient (Wildman–Crippen LogP) is 1.75. The Labute approximate surface area is 198 Å². The van der Waals surface area contributed by atoms with Gasteiger partial charge in [-0.25, -0.2) is 9.78 Å². The van der Waals surface area contributed by atoms with Crippen LogP contribution < -0.4 is 10.6 Å². The summed E-state index contributed by atoms with van der Waals surface area (Å²) in [5.41, 5.74) is 1.83. The minimum atomic E-state index is -0.495. The zero-order valence-corrected chi connectivity index (χ0v) is 19.4. The number of nitrogens with zero attached hydrogens (tertiary/aromatic N) is 3. The van der Waals surface area contributed by atoms with Gasteiger partial charge in [-0.05, 0) is 68.1 Å². The molecule has 3 unspecified atom stereocenters. The number of hydrogen-bond acceptors (Lipinski definition) is 5. The molecule has 1 saturated heterocycles. The number of carbonyl (C=O) groups excluding carboxylic acids is 2. The van der Waals surface area contributed by atoms with Gasteiger partial charge in [0.15, 0.2) is 0 Å². The number of rotatable bonds is 5. The van der Waals surface area contributed by atoms with E-state index in [4.69, 9.17) is 4.74 Å². The number of morpholine rings is 1. The Bertz CT molecular complexity index is 1080. The molecular formula is C25H33N5O4. The molecule has 0 radical (unpaired) electrons. The summed E-state index contributed by atoms with van der Waals surface area (Å²) in [5.74, 6) is 1.33. The number of aromatic nitrogens is 2. The van der Waals surface area contributed by atoms with Gasteiger partial charge < -0.3 is 29.9 Å². The number of imidazole rings is 1. The van der Waals surface area contributed by atoms with Crippen molar-refractivity contribution in [1.29, 1.82) is 0 Å². The Morgan fingerprint density at radius 1 is 1.15 bits per heavy atom. The predicted molar refractivity (Wildman–Crippen MR) is 125 cm³/mol. The van der Waals surface area contributed by atoms with Crippen molar-refractivity contribution in [2.75, 3.05) is 32.8 Å². The molecule has 34 heavy (non-hydrogen) atoms. The Morgan fingerprint density at radius 2 is 1.91 bits per heavy atom. The molecule has 1 aliphatic heterocycles. The molecule has 4 bridgehead atoms. The maximum atomic E-state index is 13.1. The van der Waals surface area contributed by atoms with Gasteiger partial charge in [-0.3, -0.25) is 4.79 Å². The van der Waals surface area contributed by atoms with Crippen LogP contribution in [0, 0.1) is 17.8 Å². The fraction of sp³-hybridized carbons (Fsp3) is 0.640. The molecule has 0 spiro atoms. The van der Waals surface area contributed by atoms with Crippen LogP contribution in [0.1, 0.15) is 42.5 Å². The van der Waals surface area contributed by atoms with E-state index in [0.717, 1.165) is 43.1 Å². The second-order valence-electron chi connectivity index (χ2n) is 10.7. The van der Waals surface area contributed by atoms with Crippen LogP contribution in [0.25, 0.3) is 11.0 Å². The van der Waals surface area contributed by atoms with Gasteiger partial charge in [0, 0.05) is 37.8 Å². The number of nitrogens with one attached hydrogen (secondary N) is 2. The first-order valence-electron chi connectivity index (χ1n) is 12.6. The molecule has 5 atom stereocenters. The van der Waals surface area contributed by atoms with Crippen LogP contribution in [0.4, 0.5) is 4.79 Å². The lowest BCUT2D eigenvalue weighted by molar-refractivity contribution is -0.136. The summed E-state index contributed by atoms with van der Waals surface area (Å²) in [6.07, 6.45) is 6.57. The topological polar surface area (TPSA) is 109 Å². The lowest BCUT2D eigenvalue weighted by Crippen LogP contribution is -2.61. The number of hydrogen-bond donors (Lipinski definition) is 3. The smallest absolute Gasteiger partial charge is 0.317 e. The minimum absolute atomic E-state index is 0.0568. The molecule has 5 fully saturated rings. The second kappa shape index (κ2) is 8.53. The lowest BCUT2D eigenvalue weighted by Gasteiger charge is -2.58. The highest BCUT2D eigenvalue weighted by Crippen LogP contribution is 2.55. The number of benzene rings is 1. The largest absolute Gasteiger partial charge is 0.390 e. The van der Waals surface area contributed by atoms with Gasteiger partial charge in [-0.2, -0.15) is 0 Å². The minimum Gasteiger partial charge on any atom is -0.390 e. The van der Waals surface area contributed by atoms with Crippen LogP contribution in [-0.2, 0) is 11.3 Å². The number of fused-ring (bicyclic) bond motifs is 1. The average Bonchev–Trinajstić information content (AvgIpc) is 3.23. The Hall–Kier alpha value is -2.65. The molecule has 1 aromatic heterocycles. The van der Waals surface area contributed by atoms with Crippen molar-refractivity contribution < 1.29 is 19.4 Å². The fourth-order valence-electron chi connectivity index (χ4n) is 7.00. The molecule has 3 amide bonds. The maximum Gasteiger partial charge on any atom is 0.317 e. The second-order valence-corrected chi connectivity index (χ2v) is 10.7. The van der Waals surface area contributed by atoms with Gasteiger partial charge in [0.05, 0.1) is 36.2 Å². The molecule has 3 N–H and O–H groups in total. The average molecular weight is 468 g/mol. The lowest BCUT2D eigenvalue weighted by atomic mass is 9.52. The van der Waals surface area contributed by atoms with Crippen molar-refractivity contribution in [1.82, 2.24) is 25.1 Å². The van der Waals surface area contributed by atoms with Crippen LogP contribution in [0.15, 0.2) is 24.5 Å². The van der Waals surface area contributed by atoms with Crippen molar-refractivity contribution in [3.8, 4) is 0 Å². The number of aliphatic hydroxyl groups is 1. The van der Waals surface area contributed by atoms with Crippen molar-refractivity contribution in [3.05, 3.63) is 30.1 Å². The summed E-state index contributed by atoms with van der Waals surface area (Å²) in [6.45, 7) is 3.51. The normalized spacial score (nSPS) is 32.2. The van der Waals surface area contributed by atoms with Gasteiger partial charge >= 0.3 is 6.03 Å². The van der Waals surface area contributed by atoms with E-state index < -0.39 is 5.60 Å². The maximum absolute atomic E-state index is 13.1. The van der Waals surface area contributed by atoms with E-state index in [1.807, 2.05) is 22.8 Å². The van der Waals surface area contributed by atoms with E-state index in [9.17, 15) is 14.7 Å². The van der Waals surface area contributed by atoms with E-state index in [0.29, 0.717) is 62.7 Å². The molecule has 2 heterocycles. The Balaban J connectivity index is 1.07. The van der Waals surface area contributed by atoms with Crippen LogP contribution >= 0.6 is 0 Å². The summed E-state index contributed by atoms with van der Waals surface area (Å²) in [6, 6.07) is 5.72. The van der Waals surface area contributed by atoms with Gasteiger partial charge in [-0.15, -0.1) is 0 Å². The van der Waals surface area contributed by atoms with Crippen molar-refractivity contribution in [2.45, 2.75) is 50.3 Å². The van der Waals surface area contributed by atoms with E-state index >= 15 is 0 Å². The first kappa shape index (κ1) is 21.9. The van der Waals surface area contributed by atoms with Crippen LogP contribution in [0.3, 0.4) is 0 Å². The van der Waals surface area contributed by atoms with Gasteiger partial charge in [0.2, 0.25) is 0 Å². The molecule has 9 heteroatoms. The zero-order valence-electron chi connectivity index (χ0n) is 19.4. The van der Waals surface area contributed by atoms with E-state index in [2.05, 4.69) is 15.6 Å². The highest BCUT2D eigenvalue weighted by Gasteiger charge is 2.55. The number of ether oxygens (including phenoxy) is 1. The van der Waals surface area contributed by atoms with Gasteiger partial charge in [0.1, 0.15) is 0 Å². The molecule has 7 rings (SSSR count). The molecule has 1 aromatic carbocycles. The summed E-state index contributed by atoms with van der Waals surface area (Å²) in [5, 5.41) is 17.1. The van der Waals surface area contributed by atoms with E-state index in [1.165, 1.54) is 0 Å². The first-order chi connectivity index (χ1) is 16.5. The summed E-state index contributed by atoms with van der Waals surface area (Å²) >= 11 is 0. The Morgan fingerprint density at radius 3 is 2.65 bits per heavy atom. The standard InChI is InChI=1S/C25H33N5O4/c31-23(28-22-18-9-16-10-19(22)14-25(33,12-16)13-18)17-1-2-21-20(11-17)27-15-30(21)4-3-26-24(32)29-5-7-34-8-6-29/h1-2,11,15-16,18-19,22,33H,3-10,12-14H2,(H,26,32)(H,28,31)/t16?,18-,19+,22?,25?. The zero-order chi connectivity index (χ0) is 23.3.